The summed E-state index contributed by atoms with van der Waals surface area (Å²) < 4.78 is 5.42. The molecule has 20 heavy (non-hydrogen) atoms. The van der Waals surface area contributed by atoms with Crippen molar-refractivity contribution in [1.82, 2.24) is 14.9 Å². The van der Waals surface area contributed by atoms with Crippen molar-refractivity contribution in [2.24, 2.45) is 5.84 Å². The average Bonchev–Trinajstić information content (AvgIpc) is 2.98. The van der Waals surface area contributed by atoms with Gasteiger partial charge < -0.3 is 15.1 Å². The summed E-state index contributed by atoms with van der Waals surface area (Å²) in [6.07, 6.45) is 2.74. The first-order valence-corrected chi connectivity index (χ1v) is 7.14. The van der Waals surface area contributed by atoms with Crippen molar-refractivity contribution in [3.05, 3.63) is 11.9 Å². The lowest BCUT2D eigenvalue weighted by Gasteiger charge is -2.32. The lowest BCUT2D eigenvalue weighted by Crippen LogP contribution is -2.44. The normalized spacial score (nSPS) is 24.1. The highest BCUT2D eigenvalue weighted by Crippen LogP contribution is 2.26. The Labute approximate surface area is 119 Å². The lowest BCUT2D eigenvalue weighted by atomic mass is 10.2. The maximum Gasteiger partial charge on any atom is 0.148 e. The summed E-state index contributed by atoms with van der Waals surface area (Å²) in [5, 5.41) is 0. The summed E-state index contributed by atoms with van der Waals surface area (Å²) in [6, 6.07) is 0.600. The van der Waals surface area contributed by atoms with Gasteiger partial charge in [-0.3, -0.25) is 4.90 Å². The van der Waals surface area contributed by atoms with Gasteiger partial charge in [0.25, 0.3) is 0 Å². The number of nitrogen functional groups attached to an aromatic ring is 1. The van der Waals surface area contributed by atoms with E-state index in [1.54, 1.807) is 6.33 Å². The number of nitrogens with zero attached hydrogens (tertiary/aromatic N) is 4. The molecule has 0 saturated carbocycles. The molecular weight excluding hydrogens is 256 g/mol. The highest BCUT2D eigenvalue weighted by Gasteiger charge is 2.30. The molecule has 2 fully saturated rings. The predicted molar refractivity (Wildman–Crippen MR) is 77.6 cm³/mol. The monoisotopic (exact) mass is 278 g/mol. The van der Waals surface area contributed by atoms with Crippen molar-refractivity contribution in [3.63, 3.8) is 0 Å². The summed E-state index contributed by atoms with van der Waals surface area (Å²) >= 11 is 0. The lowest BCUT2D eigenvalue weighted by molar-refractivity contribution is 0.0209. The molecule has 1 unspecified atom stereocenters. The minimum atomic E-state index is 0.600. The minimum Gasteiger partial charge on any atom is -0.379 e. The fourth-order valence-corrected chi connectivity index (χ4v) is 3.08. The van der Waals surface area contributed by atoms with E-state index in [2.05, 4.69) is 25.2 Å². The van der Waals surface area contributed by atoms with Gasteiger partial charge in [0.1, 0.15) is 18.0 Å². The van der Waals surface area contributed by atoms with Crippen LogP contribution in [0.5, 0.6) is 0 Å². The second-order valence-corrected chi connectivity index (χ2v) is 5.35. The third-order valence-corrected chi connectivity index (χ3v) is 4.22. The van der Waals surface area contributed by atoms with E-state index in [9.17, 15) is 0 Å². The molecule has 3 N–H and O–H groups in total. The summed E-state index contributed by atoms with van der Waals surface area (Å²) in [5.74, 6) is 7.17. The Kier molecular flexibility index (Phi) is 4.00. The van der Waals surface area contributed by atoms with E-state index in [4.69, 9.17) is 10.6 Å². The third kappa shape index (κ3) is 2.56. The molecule has 3 heterocycles. The predicted octanol–water partition coefficient (Wildman–Crippen LogP) is -0.0185. The SMILES string of the molecule is Cc1c(NN)ncnc1N1CCC(N2CCOCC2)C1. The van der Waals surface area contributed by atoms with Crippen LogP contribution in [0, 0.1) is 6.92 Å². The van der Waals surface area contributed by atoms with Gasteiger partial charge in [0, 0.05) is 37.8 Å². The Balaban J connectivity index is 1.70. The largest absolute Gasteiger partial charge is 0.379 e. The van der Waals surface area contributed by atoms with Crippen LogP contribution in [0.15, 0.2) is 6.33 Å². The van der Waals surface area contributed by atoms with Crippen LogP contribution >= 0.6 is 0 Å². The molecule has 0 bridgehead atoms. The fraction of sp³-hybridized carbons (Fsp3) is 0.692. The number of hydrazine groups is 1. The quantitative estimate of drug-likeness (QED) is 0.594. The first kappa shape index (κ1) is 13.5. The maximum absolute atomic E-state index is 5.48. The Hall–Kier alpha value is -1.44. The highest BCUT2D eigenvalue weighted by atomic mass is 16.5. The molecule has 2 saturated heterocycles. The molecule has 0 radical (unpaired) electrons. The van der Waals surface area contributed by atoms with Gasteiger partial charge in [0.05, 0.1) is 13.2 Å². The number of hydrogen-bond acceptors (Lipinski definition) is 7. The molecule has 1 aromatic rings. The number of morpholine rings is 1. The van der Waals surface area contributed by atoms with E-state index in [1.165, 1.54) is 6.42 Å². The van der Waals surface area contributed by atoms with E-state index in [1.807, 2.05) is 6.92 Å². The number of rotatable bonds is 3. The molecule has 0 amide bonds. The molecule has 1 atom stereocenters. The number of nitrogens with two attached hydrogens (primary N) is 1. The number of ether oxygens (including phenoxy) is 1. The summed E-state index contributed by atoms with van der Waals surface area (Å²) in [6.45, 7) is 7.83. The summed E-state index contributed by atoms with van der Waals surface area (Å²) in [7, 11) is 0. The Bertz CT molecular complexity index is 462. The van der Waals surface area contributed by atoms with Gasteiger partial charge in [-0.1, -0.05) is 0 Å². The number of aromatic nitrogens is 2. The molecule has 0 spiro atoms. The zero-order valence-electron chi connectivity index (χ0n) is 11.9. The second kappa shape index (κ2) is 5.90. The molecule has 2 aliphatic rings. The van der Waals surface area contributed by atoms with Crippen molar-refractivity contribution < 1.29 is 4.74 Å². The second-order valence-electron chi connectivity index (χ2n) is 5.35. The van der Waals surface area contributed by atoms with Crippen LogP contribution in [0.1, 0.15) is 12.0 Å². The first-order chi connectivity index (χ1) is 9.79. The molecule has 0 aliphatic carbocycles. The van der Waals surface area contributed by atoms with Crippen LogP contribution in [0.2, 0.25) is 0 Å². The van der Waals surface area contributed by atoms with Gasteiger partial charge in [-0.15, -0.1) is 0 Å². The van der Waals surface area contributed by atoms with E-state index in [0.717, 1.165) is 50.8 Å². The molecule has 7 nitrogen and oxygen atoms in total. The zero-order valence-corrected chi connectivity index (χ0v) is 11.9. The molecule has 0 aromatic carbocycles. The van der Waals surface area contributed by atoms with Gasteiger partial charge in [-0.25, -0.2) is 15.8 Å². The minimum absolute atomic E-state index is 0.600. The van der Waals surface area contributed by atoms with E-state index < -0.39 is 0 Å². The van der Waals surface area contributed by atoms with Crippen LogP contribution < -0.4 is 16.2 Å². The summed E-state index contributed by atoms with van der Waals surface area (Å²) in [5.41, 5.74) is 3.64. The summed E-state index contributed by atoms with van der Waals surface area (Å²) in [4.78, 5) is 13.4. The molecule has 2 aliphatic heterocycles. The van der Waals surface area contributed by atoms with Crippen molar-refractivity contribution >= 4 is 11.6 Å². The molecule has 7 heteroatoms. The van der Waals surface area contributed by atoms with Gasteiger partial charge in [-0.2, -0.15) is 0 Å². The van der Waals surface area contributed by atoms with Crippen molar-refractivity contribution in [3.8, 4) is 0 Å². The number of anilines is 2. The van der Waals surface area contributed by atoms with Crippen LogP contribution in [0.4, 0.5) is 11.6 Å². The van der Waals surface area contributed by atoms with E-state index in [-0.39, 0.29) is 0 Å². The molecule has 110 valence electrons. The average molecular weight is 278 g/mol. The zero-order chi connectivity index (χ0) is 13.9. The van der Waals surface area contributed by atoms with Gasteiger partial charge in [0.2, 0.25) is 0 Å². The van der Waals surface area contributed by atoms with Crippen molar-refractivity contribution in [2.45, 2.75) is 19.4 Å². The fourth-order valence-electron chi connectivity index (χ4n) is 3.08. The maximum atomic E-state index is 5.48. The van der Waals surface area contributed by atoms with Crippen LogP contribution in [-0.2, 0) is 4.74 Å². The van der Waals surface area contributed by atoms with Crippen LogP contribution in [-0.4, -0.2) is 60.3 Å². The third-order valence-electron chi connectivity index (χ3n) is 4.22. The number of hydrogen-bond donors (Lipinski definition) is 2. The van der Waals surface area contributed by atoms with Crippen LogP contribution in [0.3, 0.4) is 0 Å². The Morgan fingerprint density at radius 2 is 2.10 bits per heavy atom. The van der Waals surface area contributed by atoms with E-state index >= 15 is 0 Å². The molecule has 3 rings (SSSR count). The Morgan fingerprint density at radius 1 is 1.30 bits per heavy atom. The Morgan fingerprint density at radius 3 is 2.85 bits per heavy atom. The van der Waals surface area contributed by atoms with E-state index in [0.29, 0.717) is 11.9 Å². The first-order valence-electron chi connectivity index (χ1n) is 7.14. The van der Waals surface area contributed by atoms with Gasteiger partial charge >= 0.3 is 0 Å². The van der Waals surface area contributed by atoms with Crippen molar-refractivity contribution in [1.29, 1.82) is 0 Å². The van der Waals surface area contributed by atoms with Crippen LogP contribution in [0.25, 0.3) is 0 Å². The van der Waals surface area contributed by atoms with Gasteiger partial charge in [-0.05, 0) is 13.3 Å². The molecule has 1 aromatic heterocycles. The van der Waals surface area contributed by atoms with Gasteiger partial charge in [0.15, 0.2) is 0 Å². The topological polar surface area (TPSA) is 79.5 Å². The molecular formula is C13H22N6O. The number of nitrogens with one attached hydrogen (secondary N) is 1. The highest BCUT2D eigenvalue weighted by molar-refractivity contribution is 5.57. The standard InChI is InChI=1S/C13H22N6O/c1-10-12(17-14)15-9-16-13(10)19-3-2-11(8-19)18-4-6-20-7-5-18/h9,11H,2-8,14H2,1H3,(H,15,16,17). The smallest absolute Gasteiger partial charge is 0.148 e. The van der Waals surface area contributed by atoms with Crippen molar-refractivity contribution in [2.75, 3.05) is 49.7 Å².